The van der Waals surface area contributed by atoms with E-state index in [0.717, 1.165) is 17.7 Å². The lowest BCUT2D eigenvalue weighted by atomic mass is 10.0. The van der Waals surface area contributed by atoms with Crippen molar-refractivity contribution in [3.8, 4) is 0 Å². The maximum atomic E-state index is 12.4. The fourth-order valence-corrected chi connectivity index (χ4v) is 1.97. The Balaban J connectivity index is 2.71. The van der Waals surface area contributed by atoms with Crippen LogP contribution in [0.15, 0.2) is 24.3 Å². The van der Waals surface area contributed by atoms with E-state index in [4.69, 9.17) is 4.74 Å². The zero-order chi connectivity index (χ0) is 14.5. The molecule has 0 bridgehead atoms. The molecule has 0 aromatic heterocycles. The van der Waals surface area contributed by atoms with Crippen molar-refractivity contribution in [1.29, 1.82) is 0 Å². The Bertz CT molecular complexity index is 375. The summed E-state index contributed by atoms with van der Waals surface area (Å²) in [5.74, 6) is 0. The summed E-state index contributed by atoms with van der Waals surface area (Å²) in [6.07, 6.45) is -3.63. The number of halogens is 3. The molecule has 0 saturated carbocycles. The third-order valence-electron chi connectivity index (χ3n) is 3.10. The molecule has 0 radical (unpaired) electrons. The molecular weight excluding hydrogens is 255 g/mol. The zero-order valence-electron chi connectivity index (χ0n) is 11.4. The molecule has 108 valence electrons. The van der Waals surface area contributed by atoms with E-state index < -0.39 is 11.7 Å². The molecule has 2 nitrogen and oxygen atoms in total. The predicted molar refractivity (Wildman–Crippen MR) is 69.1 cm³/mol. The Morgan fingerprint density at radius 3 is 2.21 bits per heavy atom. The van der Waals surface area contributed by atoms with Gasteiger partial charge in [-0.25, -0.2) is 0 Å². The summed E-state index contributed by atoms with van der Waals surface area (Å²) in [6, 6.07) is 5.36. The van der Waals surface area contributed by atoms with Gasteiger partial charge in [0.05, 0.1) is 11.7 Å². The van der Waals surface area contributed by atoms with E-state index in [-0.39, 0.29) is 12.1 Å². The summed E-state index contributed by atoms with van der Waals surface area (Å²) in [5.41, 5.74) is 0.244. The van der Waals surface area contributed by atoms with Crippen molar-refractivity contribution in [2.75, 3.05) is 13.7 Å². The topological polar surface area (TPSA) is 21.3 Å². The smallest absolute Gasteiger partial charge is 0.377 e. The number of alkyl halides is 3. The molecule has 0 amide bonds. The summed E-state index contributed by atoms with van der Waals surface area (Å²) in [5, 5.41) is 3.13. The lowest BCUT2D eigenvalue weighted by Gasteiger charge is -2.23. The largest absolute Gasteiger partial charge is 0.416 e. The Labute approximate surface area is 112 Å². The Morgan fingerprint density at radius 2 is 1.79 bits per heavy atom. The highest BCUT2D eigenvalue weighted by Gasteiger charge is 2.30. The van der Waals surface area contributed by atoms with Gasteiger partial charge >= 0.3 is 6.18 Å². The van der Waals surface area contributed by atoms with Gasteiger partial charge in [0.1, 0.15) is 0 Å². The van der Waals surface area contributed by atoms with Gasteiger partial charge in [0.15, 0.2) is 0 Å². The highest BCUT2D eigenvalue weighted by molar-refractivity contribution is 5.25. The first kappa shape index (κ1) is 16.0. The molecule has 5 heteroatoms. The monoisotopic (exact) mass is 275 g/mol. The van der Waals surface area contributed by atoms with Crippen molar-refractivity contribution < 1.29 is 17.9 Å². The summed E-state index contributed by atoms with van der Waals surface area (Å²) in [4.78, 5) is 0. The van der Waals surface area contributed by atoms with Crippen LogP contribution in [-0.4, -0.2) is 25.8 Å². The fourth-order valence-electron chi connectivity index (χ4n) is 1.97. The van der Waals surface area contributed by atoms with Crippen molar-refractivity contribution in [1.82, 2.24) is 5.32 Å². The normalized spacial score (nSPS) is 15.3. The van der Waals surface area contributed by atoms with E-state index in [9.17, 15) is 13.2 Å². The molecule has 0 aliphatic heterocycles. The van der Waals surface area contributed by atoms with Gasteiger partial charge < -0.3 is 10.1 Å². The number of nitrogens with one attached hydrogen (secondary N) is 1. The van der Waals surface area contributed by atoms with E-state index in [0.29, 0.717) is 13.0 Å². The zero-order valence-corrected chi connectivity index (χ0v) is 11.4. The first-order chi connectivity index (χ1) is 8.88. The number of likely N-dealkylation sites (N-methyl/N-ethyl adjacent to an activating group) is 1. The number of benzene rings is 1. The van der Waals surface area contributed by atoms with Crippen molar-refractivity contribution in [3.05, 3.63) is 35.4 Å². The van der Waals surface area contributed by atoms with E-state index in [1.165, 1.54) is 12.1 Å². The molecular formula is C14H20F3NO. The van der Waals surface area contributed by atoms with Crippen molar-refractivity contribution in [2.24, 2.45) is 0 Å². The summed E-state index contributed by atoms with van der Waals surface area (Å²) >= 11 is 0. The van der Waals surface area contributed by atoms with Crippen molar-refractivity contribution in [3.63, 3.8) is 0 Å². The van der Waals surface area contributed by atoms with Crippen LogP contribution in [0.2, 0.25) is 0 Å². The highest BCUT2D eigenvalue weighted by Crippen LogP contribution is 2.29. The quantitative estimate of drug-likeness (QED) is 0.860. The number of hydrogen-bond acceptors (Lipinski definition) is 2. The minimum Gasteiger partial charge on any atom is -0.377 e. The third kappa shape index (κ3) is 4.84. The standard InChI is InChI=1S/C14H20F3NO/c1-4-19-10(2)13(18-3)9-11-5-7-12(8-6-11)14(15,16)17/h5-8,10,13,18H,4,9H2,1-3H3. The SMILES string of the molecule is CCOC(C)C(Cc1ccc(C(F)(F)F)cc1)NC. The molecule has 1 rings (SSSR count). The van der Waals surface area contributed by atoms with Crippen LogP contribution in [0.1, 0.15) is 25.0 Å². The molecule has 0 fully saturated rings. The molecule has 0 heterocycles. The first-order valence-electron chi connectivity index (χ1n) is 6.33. The Morgan fingerprint density at radius 1 is 1.21 bits per heavy atom. The predicted octanol–water partition coefficient (Wildman–Crippen LogP) is 3.26. The molecule has 1 N–H and O–H groups in total. The van der Waals surface area contributed by atoms with Crippen molar-refractivity contribution in [2.45, 2.75) is 38.6 Å². The van der Waals surface area contributed by atoms with E-state index in [1.807, 2.05) is 20.9 Å². The minimum absolute atomic E-state index is 0.0114. The summed E-state index contributed by atoms with van der Waals surface area (Å²) in [6.45, 7) is 4.49. The second-order valence-corrected chi connectivity index (χ2v) is 4.45. The summed E-state index contributed by atoms with van der Waals surface area (Å²) < 4.78 is 42.8. The summed E-state index contributed by atoms with van der Waals surface area (Å²) in [7, 11) is 1.82. The molecule has 1 aromatic rings. The number of rotatable bonds is 6. The first-order valence-corrected chi connectivity index (χ1v) is 6.33. The average Bonchev–Trinajstić information content (AvgIpc) is 2.35. The maximum absolute atomic E-state index is 12.4. The van der Waals surface area contributed by atoms with Gasteiger partial charge in [-0.3, -0.25) is 0 Å². The van der Waals surface area contributed by atoms with E-state index in [1.54, 1.807) is 0 Å². The highest BCUT2D eigenvalue weighted by atomic mass is 19.4. The molecule has 0 spiro atoms. The van der Waals surface area contributed by atoms with Crippen LogP contribution in [0.5, 0.6) is 0 Å². The number of ether oxygens (including phenoxy) is 1. The van der Waals surface area contributed by atoms with Gasteiger partial charge in [-0.2, -0.15) is 13.2 Å². The van der Waals surface area contributed by atoms with Gasteiger partial charge in [-0.05, 0) is 45.0 Å². The molecule has 0 aliphatic rings. The van der Waals surface area contributed by atoms with Crippen LogP contribution < -0.4 is 5.32 Å². The Kier molecular flexibility index (Phi) is 5.82. The van der Waals surface area contributed by atoms with Crippen molar-refractivity contribution >= 4 is 0 Å². The van der Waals surface area contributed by atoms with Crippen LogP contribution in [0.25, 0.3) is 0 Å². The lowest BCUT2D eigenvalue weighted by molar-refractivity contribution is -0.137. The van der Waals surface area contributed by atoms with Gasteiger partial charge in [0.25, 0.3) is 0 Å². The molecule has 19 heavy (non-hydrogen) atoms. The Hall–Kier alpha value is -1.07. The number of hydrogen-bond donors (Lipinski definition) is 1. The van der Waals surface area contributed by atoms with Gasteiger partial charge in [-0.1, -0.05) is 12.1 Å². The van der Waals surface area contributed by atoms with Gasteiger partial charge in [0.2, 0.25) is 0 Å². The third-order valence-corrected chi connectivity index (χ3v) is 3.10. The maximum Gasteiger partial charge on any atom is 0.416 e. The molecule has 0 aliphatic carbocycles. The van der Waals surface area contributed by atoms with E-state index in [2.05, 4.69) is 5.32 Å². The fraction of sp³-hybridized carbons (Fsp3) is 0.571. The van der Waals surface area contributed by atoms with Crippen LogP contribution in [0, 0.1) is 0 Å². The second kappa shape index (κ2) is 6.91. The lowest BCUT2D eigenvalue weighted by Crippen LogP contribution is -2.39. The van der Waals surface area contributed by atoms with E-state index >= 15 is 0 Å². The van der Waals surface area contributed by atoms with Crippen LogP contribution in [-0.2, 0) is 17.3 Å². The van der Waals surface area contributed by atoms with Gasteiger partial charge in [-0.15, -0.1) is 0 Å². The second-order valence-electron chi connectivity index (χ2n) is 4.45. The van der Waals surface area contributed by atoms with Crippen LogP contribution >= 0.6 is 0 Å². The van der Waals surface area contributed by atoms with Crippen LogP contribution in [0.4, 0.5) is 13.2 Å². The molecule has 1 aromatic carbocycles. The average molecular weight is 275 g/mol. The molecule has 0 saturated heterocycles. The van der Waals surface area contributed by atoms with Crippen LogP contribution in [0.3, 0.4) is 0 Å². The molecule has 2 atom stereocenters. The molecule has 2 unspecified atom stereocenters. The van der Waals surface area contributed by atoms with Gasteiger partial charge in [0, 0.05) is 12.6 Å². The minimum atomic E-state index is -4.28.